The zero-order valence-electron chi connectivity index (χ0n) is 14.8. The minimum absolute atomic E-state index is 0.176. The second-order valence-electron chi connectivity index (χ2n) is 6.95. The van der Waals surface area contributed by atoms with E-state index in [4.69, 9.17) is 15.2 Å². The quantitative estimate of drug-likeness (QED) is 0.837. The molecule has 0 spiro atoms. The summed E-state index contributed by atoms with van der Waals surface area (Å²) in [6, 6.07) is 14.8. The van der Waals surface area contributed by atoms with E-state index in [-0.39, 0.29) is 17.6 Å². The van der Waals surface area contributed by atoms with Gasteiger partial charge < -0.3 is 20.5 Å². The van der Waals surface area contributed by atoms with Crippen molar-refractivity contribution in [3.63, 3.8) is 0 Å². The summed E-state index contributed by atoms with van der Waals surface area (Å²) >= 11 is 0. The number of carbonyl (C=O) groups is 1. The van der Waals surface area contributed by atoms with Crippen LogP contribution in [0.5, 0.6) is 5.75 Å². The number of carbonyl (C=O) groups excluding carboxylic acids is 1. The third-order valence-corrected chi connectivity index (χ3v) is 4.38. The largest absolute Gasteiger partial charge is 0.487 e. The van der Waals surface area contributed by atoms with E-state index in [0.29, 0.717) is 12.1 Å². The number of ether oxygens (including phenoxy) is 2. The first-order valence-electron chi connectivity index (χ1n) is 8.36. The molecule has 0 radical (unpaired) electrons. The summed E-state index contributed by atoms with van der Waals surface area (Å²) in [5, 5.41) is 3.11. The van der Waals surface area contributed by atoms with Crippen LogP contribution < -0.4 is 15.8 Å². The predicted molar refractivity (Wildman–Crippen MR) is 97.3 cm³/mol. The minimum Gasteiger partial charge on any atom is -0.487 e. The van der Waals surface area contributed by atoms with Gasteiger partial charge in [0.15, 0.2) is 6.10 Å². The molecule has 5 nitrogen and oxygen atoms in total. The van der Waals surface area contributed by atoms with Crippen LogP contribution in [0.3, 0.4) is 0 Å². The number of nitrogens with two attached hydrogens (primary N) is 1. The number of hydrogen-bond donors (Lipinski definition) is 2. The number of nitrogen functional groups attached to an aromatic ring is 1. The summed E-state index contributed by atoms with van der Waals surface area (Å²) in [5.74, 6) is 0.578. The third kappa shape index (κ3) is 3.77. The van der Waals surface area contributed by atoms with E-state index in [1.54, 1.807) is 6.07 Å². The zero-order valence-corrected chi connectivity index (χ0v) is 14.8. The Kier molecular flexibility index (Phi) is 4.68. The Morgan fingerprint density at radius 2 is 2.00 bits per heavy atom. The van der Waals surface area contributed by atoms with Gasteiger partial charge in [0.1, 0.15) is 11.4 Å². The van der Waals surface area contributed by atoms with E-state index < -0.39 is 6.10 Å². The van der Waals surface area contributed by atoms with Crippen molar-refractivity contribution in [1.29, 1.82) is 0 Å². The molecule has 25 heavy (non-hydrogen) atoms. The molecule has 0 fully saturated rings. The summed E-state index contributed by atoms with van der Waals surface area (Å²) in [6.07, 6.45) is -0.00267. The maximum absolute atomic E-state index is 12.8. The molecule has 2 atom stereocenters. The van der Waals surface area contributed by atoms with Crippen molar-refractivity contribution < 1.29 is 14.3 Å². The summed E-state index contributed by atoms with van der Waals surface area (Å²) in [7, 11) is 1.54. The molecule has 0 aromatic heterocycles. The van der Waals surface area contributed by atoms with Crippen LogP contribution in [0.15, 0.2) is 48.5 Å². The molecule has 0 saturated heterocycles. The zero-order chi connectivity index (χ0) is 18.0. The summed E-state index contributed by atoms with van der Waals surface area (Å²) < 4.78 is 11.5. The van der Waals surface area contributed by atoms with Crippen molar-refractivity contribution in [2.45, 2.75) is 38.0 Å². The van der Waals surface area contributed by atoms with Crippen molar-refractivity contribution in [3.05, 3.63) is 59.7 Å². The normalized spacial score (nSPS) is 19.4. The molecule has 1 aliphatic heterocycles. The lowest BCUT2D eigenvalue weighted by Gasteiger charge is -2.38. The number of anilines is 1. The van der Waals surface area contributed by atoms with Gasteiger partial charge in [-0.3, -0.25) is 4.79 Å². The van der Waals surface area contributed by atoms with Gasteiger partial charge >= 0.3 is 0 Å². The van der Waals surface area contributed by atoms with Crippen LogP contribution >= 0.6 is 0 Å². The van der Waals surface area contributed by atoms with E-state index in [2.05, 4.69) is 5.32 Å². The maximum atomic E-state index is 12.8. The van der Waals surface area contributed by atoms with Crippen molar-refractivity contribution >= 4 is 11.6 Å². The molecule has 1 heterocycles. The molecular formula is C20H24N2O3. The van der Waals surface area contributed by atoms with Crippen molar-refractivity contribution in [3.8, 4) is 5.75 Å². The Morgan fingerprint density at radius 3 is 2.68 bits per heavy atom. The molecular weight excluding hydrogens is 316 g/mol. The molecule has 0 saturated carbocycles. The lowest BCUT2D eigenvalue weighted by Crippen LogP contribution is -2.42. The van der Waals surface area contributed by atoms with Gasteiger partial charge in [-0.1, -0.05) is 30.3 Å². The Bertz CT molecular complexity index is 759. The van der Waals surface area contributed by atoms with E-state index in [9.17, 15) is 4.79 Å². The van der Waals surface area contributed by atoms with Crippen molar-refractivity contribution in [2.24, 2.45) is 0 Å². The van der Waals surface area contributed by atoms with Crippen LogP contribution in [0.4, 0.5) is 5.69 Å². The van der Waals surface area contributed by atoms with Gasteiger partial charge in [-0.2, -0.15) is 0 Å². The fourth-order valence-corrected chi connectivity index (χ4v) is 3.27. The van der Waals surface area contributed by atoms with Gasteiger partial charge in [0.25, 0.3) is 5.91 Å². The van der Waals surface area contributed by atoms with Gasteiger partial charge in [-0.25, -0.2) is 0 Å². The average molecular weight is 340 g/mol. The van der Waals surface area contributed by atoms with Crippen LogP contribution in [-0.2, 0) is 9.53 Å². The highest BCUT2D eigenvalue weighted by atomic mass is 16.5. The Hall–Kier alpha value is -2.53. The number of rotatable bonds is 4. The monoisotopic (exact) mass is 340 g/mol. The highest BCUT2D eigenvalue weighted by Crippen LogP contribution is 2.40. The SMILES string of the molecule is COC(C(=O)NC1CC(C)(C)Oc2ccc(N)cc21)c1ccccc1. The van der Waals surface area contributed by atoms with Crippen LogP contribution in [-0.4, -0.2) is 18.6 Å². The fraction of sp³-hybridized carbons (Fsp3) is 0.350. The van der Waals surface area contributed by atoms with Crippen LogP contribution in [0, 0.1) is 0 Å². The minimum atomic E-state index is -0.656. The first-order valence-corrected chi connectivity index (χ1v) is 8.36. The Morgan fingerprint density at radius 1 is 1.28 bits per heavy atom. The van der Waals surface area contributed by atoms with E-state index in [1.807, 2.05) is 56.3 Å². The number of hydrogen-bond acceptors (Lipinski definition) is 4. The number of fused-ring (bicyclic) bond motifs is 1. The second kappa shape index (κ2) is 6.76. The lowest BCUT2D eigenvalue weighted by atomic mass is 9.89. The van der Waals surface area contributed by atoms with Gasteiger partial charge in [-0.05, 0) is 37.6 Å². The standard InChI is InChI=1S/C20H24N2O3/c1-20(2)12-16(15-11-14(21)9-10-17(15)25-20)22-19(23)18(24-3)13-7-5-4-6-8-13/h4-11,16,18H,12,21H2,1-3H3,(H,22,23). The van der Waals surface area contributed by atoms with Crippen LogP contribution in [0.2, 0.25) is 0 Å². The molecule has 0 aliphatic carbocycles. The summed E-state index contributed by atoms with van der Waals surface area (Å²) in [5.41, 5.74) is 7.91. The highest BCUT2D eigenvalue weighted by Gasteiger charge is 2.35. The fourth-order valence-electron chi connectivity index (χ4n) is 3.27. The topological polar surface area (TPSA) is 73.6 Å². The molecule has 3 N–H and O–H groups in total. The third-order valence-electron chi connectivity index (χ3n) is 4.38. The molecule has 0 bridgehead atoms. The van der Waals surface area contributed by atoms with Gasteiger partial charge in [0.2, 0.25) is 0 Å². The first-order chi connectivity index (χ1) is 11.9. The van der Waals surface area contributed by atoms with E-state index >= 15 is 0 Å². The number of nitrogens with one attached hydrogen (secondary N) is 1. The predicted octanol–water partition coefficient (Wildman–Crippen LogP) is 3.37. The number of benzene rings is 2. The average Bonchev–Trinajstić information content (AvgIpc) is 2.56. The molecule has 3 rings (SSSR count). The van der Waals surface area contributed by atoms with E-state index in [1.165, 1.54) is 7.11 Å². The van der Waals surface area contributed by atoms with Gasteiger partial charge in [0, 0.05) is 24.8 Å². The molecule has 2 unspecified atom stereocenters. The van der Waals surface area contributed by atoms with E-state index in [0.717, 1.165) is 16.9 Å². The molecule has 132 valence electrons. The summed E-state index contributed by atoms with van der Waals surface area (Å²) in [4.78, 5) is 12.8. The molecule has 1 amide bonds. The van der Waals surface area contributed by atoms with Crippen LogP contribution in [0.1, 0.15) is 43.5 Å². The molecule has 1 aliphatic rings. The van der Waals surface area contributed by atoms with Crippen LogP contribution in [0.25, 0.3) is 0 Å². The summed E-state index contributed by atoms with van der Waals surface area (Å²) in [6.45, 7) is 4.02. The highest BCUT2D eigenvalue weighted by molar-refractivity contribution is 5.82. The Balaban J connectivity index is 1.86. The molecule has 5 heteroatoms. The van der Waals surface area contributed by atoms with Gasteiger partial charge in [0.05, 0.1) is 6.04 Å². The van der Waals surface area contributed by atoms with Gasteiger partial charge in [-0.15, -0.1) is 0 Å². The number of amides is 1. The maximum Gasteiger partial charge on any atom is 0.254 e. The van der Waals surface area contributed by atoms with Crippen molar-refractivity contribution in [2.75, 3.05) is 12.8 Å². The smallest absolute Gasteiger partial charge is 0.254 e. The van der Waals surface area contributed by atoms with Crippen molar-refractivity contribution in [1.82, 2.24) is 5.32 Å². The molecule has 2 aromatic rings. The second-order valence-corrected chi connectivity index (χ2v) is 6.95. The number of methoxy groups -OCH3 is 1. The molecule has 2 aromatic carbocycles. The Labute approximate surface area is 148 Å². The first kappa shape index (κ1) is 17.3. The lowest BCUT2D eigenvalue weighted by molar-refractivity contribution is -0.132.